The standard InChI is InChI=1S/C15H25ClN2/c1-4-5-6-9-15(2,3)11-18-14-8-7-12(17)10-13(14)16/h7-8,10,18H,4-6,9,11,17H2,1-3H3. The van der Waals surface area contributed by atoms with Crippen molar-refractivity contribution in [3.8, 4) is 0 Å². The van der Waals surface area contributed by atoms with Gasteiger partial charge in [-0.05, 0) is 30.0 Å². The van der Waals surface area contributed by atoms with Crippen LogP contribution in [-0.4, -0.2) is 6.54 Å². The van der Waals surface area contributed by atoms with Gasteiger partial charge in [-0.3, -0.25) is 0 Å². The summed E-state index contributed by atoms with van der Waals surface area (Å²) >= 11 is 6.14. The first-order valence-electron chi connectivity index (χ1n) is 6.73. The van der Waals surface area contributed by atoms with Gasteiger partial charge in [0.2, 0.25) is 0 Å². The number of hydrogen-bond donors (Lipinski definition) is 2. The monoisotopic (exact) mass is 268 g/mol. The quantitative estimate of drug-likeness (QED) is 0.543. The first-order chi connectivity index (χ1) is 8.44. The lowest BCUT2D eigenvalue weighted by atomic mass is 9.87. The molecule has 0 saturated heterocycles. The highest BCUT2D eigenvalue weighted by molar-refractivity contribution is 6.33. The maximum Gasteiger partial charge on any atom is 0.0657 e. The van der Waals surface area contributed by atoms with Crippen LogP contribution in [-0.2, 0) is 0 Å². The van der Waals surface area contributed by atoms with Gasteiger partial charge in [0.25, 0.3) is 0 Å². The molecule has 1 aromatic carbocycles. The highest BCUT2D eigenvalue weighted by Crippen LogP contribution is 2.28. The van der Waals surface area contributed by atoms with E-state index in [-0.39, 0.29) is 0 Å². The molecule has 1 rings (SSSR count). The van der Waals surface area contributed by atoms with Crippen LogP contribution in [0.25, 0.3) is 0 Å². The summed E-state index contributed by atoms with van der Waals surface area (Å²) in [5, 5.41) is 4.11. The van der Waals surface area contributed by atoms with E-state index in [4.69, 9.17) is 17.3 Å². The molecule has 0 amide bonds. The molecular formula is C15H25ClN2. The third-order valence-electron chi connectivity index (χ3n) is 3.21. The van der Waals surface area contributed by atoms with E-state index in [1.807, 2.05) is 12.1 Å². The van der Waals surface area contributed by atoms with Gasteiger partial charge < -0.3 is 11.1 Å². The van der Waals surface area contributed by atoms with Gasteiger partial charge in [0.15, 0.2) is 0 Å². The summed E-state index contributed by atoms with van der Waals surface area (Å²) in [4.78, 5) is 0. The van der Waals surface area contributed by atoms with Crippen LogP contribution in [0.5, 0.6) is 0 Å². The van der Waals surface area contributed by atoms with Crippen LogP contribution in [0.1, 0.15) is 46.5 Å². The minimum Gasteiger partial charge on any atom is -0.399 e. The van der Waals surface area contributed by atoms with Crippen LogP contribution in [0.15, 0.2) is 18.2 Å². The lowest BCUT2D eigenvalue weighted by molar-refractivity contribution is 0.342. The van der Waals surface area contributed by atoms with Crippen LogP contribution >= 0.6 is 11.6 Å². The van der Waals surface area contributed by atoms with Gasteiger partial charge in [0.1, 0.15) is 0 Å². The van der Waals surface area contributed by atoms with Gasteiger partial charge in [0.05, 0.1) is 10.7 Å². The smallest absolute Gasteiger partial charge is 0.0657 e. The van der Waals surface area contributed by atoms with E-state index in [1.165, 1.54) is 25.7 Å². The molecule has 3 heteroatoms. The maximum atomic E-state index is 6.14. The van der Waals surface area contributed by atoms with Crippen molar-refractivity contribution in [2.24, 2.45) is 5.41 Å². The Hall–Kier alpha value is -0.890. The van der Waals surface area contributed by atoms with E-state index in [0.29, 0.717) is 16.1 Å². The number of rotatable bonds is 7. The molecule has 18 heavy (non-hydrogen) atoms. The van der Waals surface area contributed by atoms with Crippen LogP contribution in [0.2, 0.25) is 5.02 Å². The number of nitrogens with one attached hydrogen (secondary N) is 1. The Morgan fingerprint density at radius 1 is 1.28 bits per heavy atom. The van der Waals surface area contributed by atoms with E-state index < -0.39 is 0 Å². The average molecular weight is 269 g/mol. The average Bonchev–Trinajstić information content (AvgIpc) is 2.28. The minimum atomic E-state index is 0.292. The lowest BCUT2D eigenvalue weighted by Crippen LogP contribution is -2.23. The van der Waals surface area contributed by atoms with Crippen molar-refractivity contribution < 1.29 is 0 Å². The Morgan fingerprint density at radius 2 is 2.00 bits per heavy atom. The number of benzene rings is 1. The van der Waals surface area contributed by atoms with Gasteiger partial charge >= 0.3 is 0 Å². The second-order valence-electron chi connectivity index (χ2n) is 5.71. The Morgan fingerprint density at radius 3 is 2.61 bits per heavy atom. The van der Waals surface area contributed by atoms with Gasteiger partial charge in [-0.1, -0.05) is 51.6 Å². The van der Waals surface area contributed by atoms with Crippen molar-refractivity contribution in [3.05, 3.63) is 23.2 Å². The highest BCUT2D eigenvalue weighted by atomic mass is 35.5. The van der Waals surface area contributed by atoms with Gasteiger partial charge in [0, 0.05) is 12.2 Å². The van der Waals surface area contributed by atoms with Crippen molar-refractivity contribution in [1.82, 2.24) is 0 Å². The van der Waals surface area contributed by atoms with Crippen molar-refractivity contribution in [3.63, 3.8) is 0 Å². The molecule has 3 N–H and O–H groups in total. The molecule has 0 aliphatic rings. The van der Waals surface area contributed by atoms with Crippen LogP contribution < -0.4 is 11.1 Å². The number of hydrogen-bond acceptors (Lipinski definition) is 2. The third-order valence-corrected chi connectivity index (χ3v) is 3.52. The number of anilines is 2. The molecule has 102 valence electrons. The molecule has 0 fully saturated rings. The van der Waals surface area contributed by atoms with Gasteiger partial charge in [-0.25, -0.2) is 0 Å². The summed E-state index contributed by atoms with van der Waals surface area (Å²) in [5.41, 5.74) is 7.64. The molecule has 2 nitrogen and oxygen atoms in total. The Kier molecular flexibility index (Phi) is 5.80. The fraction of sp³-hybridized carbons (Fsp3) is 0.600. The molecule has 0 radical (unpaired) electrons. The van der Waals surface area contributed by atoms with Crippen LogP contribution in [0.3, 0.4) is 0 Å². The van der Waals surface area contributed by atoms with E-state index in [1.54, 1.807) is 6.07 Å². The molecule has 1 aromatic rings. The van der Waals surface area contributed by atoms with Crippen molar-refractivity contribution in [2.45, 2.75) is 46.5 Å². The summed E-state index contributed by atoms with van der Waals surface area (Å²) in [6.45, 7) is 7.75. The predicted molar refractivity (Wildman–Crippen MR) is 82.3 cm³/mol. The van der Waals surface area contributed by atoms with Crippen molar-refractivity contribution in [1.29, 1.82) is 0 Å². The topological polar surface area (TPSA) is 38.0 Å². The molecular weight excluding hydrogens is 244 g/mol. The van der Waals surface area contributed by atoms with Crippen LogP contribution in [0.4, 0.5) is 11.4 Å². The molecule has 0 aliphatic heterocycles. The normalized spacial score (nSPS) is 11.6. The Balaban J connectivity index is 2.48. The van der Waals surface area contributed by atoms with Crippen molar-refractivity contribution in [2.75, 3.05) is 17.6 Å². The molecule has 0 heterocycles. The number of nitrogens with two attached hydrogens (primary N) is 1. The minimum absolute atomic E-state index is 0.292. The van der Waals surface area contributed by atoms with Gasteiger partial charge in [-0.2, -0.15) is 0 Å². The first-order valence-corrected chi connectivity index (χ1v) is 7.11. The van der Waals surface area contributed by atoms with E-state index in [2.05, 4.69) is 26.1 Å². The zero-order valence-corrected chi connectivity index (χ0v) is 12.5. The van der Waals surface area contributed by atoms with E-state index >= 15 is 0 Å². The number of unbranched alkanes of at least 4 members (excludes halogenated alkanes) is 2. The van der Waals surface area contributed by atoms with Gasteiger partial charge in [-0.15, -0.1) is 0 Å². The number of halogens is 1. The lowest BCUT2D eigenvalue weighted by Gasteiger charge is -2.26. The Bertz CT molecular complexity index is 375. The zero-order valence-electron chi connectivity index (χ0n) is 11.7. The number of nitrogen functional groups attached to an aromatic ring is 1. The summed E-state index contributed by atoms with van der Waals surface area (Å²) in [6, 6.07) is 5.60. The summed E-state index contributed by atoms with van der Waals surface area (Å²) in [7, 11) is 0. The van der Waals surface area contributed by atoms with E-state index in [0.717, 1.165) is 12.2 Å². The second-order valence-corrected chi connectivity index (χ2v) is 6.12. The second kappa shape index (κ2) is 6.89. The molecule has 0 aliphatic carbocycles. The van der Waals surface area contributed by atoms with E-state index in [9.17, 15) is 0 Å². The molecule has 0 saturated carbocycles. The molecule has 0 bridgehead atoms. The maximum absolute atomic E-state index is 6.14. The largest absolute Gasteiger partial charge is 0.399 e. The third kappa shape index (κ3) is 5.18. The Labute approximate surface area is 116 Å². The molecule has 0 atom stereocenters. The molecule has 0 spiro atoms. The summed E-state index contributed by atoms with van der Waals surface area (Å²) in [5.74, 6) is 0. The van der Waals surface area contributed by atoms with Crippen molar-refractivity contribution >= 4 is 23.0 Å². The first kappa shape index (κ1) is 15.2. The zero-order chi connectivity index (χ0) is 13.6. The van der Waals surface area contributed by atoms with Crippen LogP contribution in [0, 0.1) is 5.41 Å². The predicted octanol–water partition coefficient (Wildman–Crippen LogP) is 4.94. The summed E-state index contributed by atoms with van der Waals surface area (Å²) in [6.07, 6.45) is 5.11. The fourth-order valence-electron chi connectivity index (χ4n) is 1.95. The molecule has 0 aromatic heterocycles. The summed E-state index contributed by atoms with van der Waals surface area (Å²) < 4.78 is 0. The molecule has 0 unspecified atom stereocenters. The highest BCUT2D eigenvalue weighted by Gasteiger charge is 2.17. The SMILES string of the molecule is CCCCCC(C)(C)CNc1ccc(N)cc1Cl. The fourth-order valence-corrected chi connectivity index (χ4v) is 2.21.